The Morgan fingerprint density at radius 1 is 1.21 bits per heavy atom. The van der Waals surface area contributed by atoms with Crippen molar-refractivity contribution in [2.45, 2.75) is 31.7 Å². The molecule has 4 aromatic rings. The minimum atomic E-state index is -0.740. The van der Waals surface area contributed by atoms with Crippen LogP contribution in [0.5, 0.6) is 11.5 Å². The Labute approximate surface area is 194 Å². The number of rotatable bonds is 2. The van der Waals surface area contributed by atoms with Crippen molar-refractivity contribution in [2.75, 3.05) is 18.5 Å². The summed E-state index contributed by atoms with van der Waals surface area (Å²) >= 11 is 0. The quantitative estimate of drug-likeness (QED) is 0.489. The molecule has 10 heteroatoms. The highest BCUT2D eigenvalue weighted by molar-refractivity contribution is 5.80. The van der Waals surface area contributed by atoms with Gasteiger partial charge in [-0.3, -0.25) is 9.08 Å². The van der Waals surface area contributed by atoms with E-state index in [0.717, 1.165) is 16.8 Å². The number of pyridine rings is 1. The molecule has 1 aromatic carbocycles. The van der Waals surface area contributed by atoms with Crippen LogP contribution in [0, 0.1) is 17.1 Å². The number of aromatic nitrogens is 5. The van der Waals surface area contributed by atoms with E-state index in [9.17, 15) is 9.65 Å². The summed E-state index contributed by atoms with van der Waals surface area (Å²) in [6.45, 7) is 4.71. The van der Waals surface area contributed by atoms with Crippen LogP contribution in [0.1, 0.15) is 36.6 Å². The first-order valence-electron chi connectivity index (χ1n) is 11.0. The van der Waals surface area contributed by atoms with Crippen LogP contribution in [0.2, 0.25) is 0 Å². The Bertz CT molecular complexity index is 1500. The molecule has 0 saturated carbocycles. The number of nitriles is 1. The lowest BCUT2D eigenvalue weighted by atomic mass is 9.91. The van der Waals surface area contributed by atoms with Crippen LogP contribution in [0.3, 0.4) is 0 Å². The maximum Gasteiger partial charge on any atom is 0.171 e. The predicted molar refractivity (Wildman–Crippen MR) is 121 cm³/mol. The van der Waals surface area contributed by atoms with E-state index in [0.29, 0.717) is 47.4 Å². The van der Waals surface area contributed by atoms with Crippen molar-refractivity contribution in [3.8, 4) is 28.8 Å². The molecule has 0 spiro atoms. The Hall–Kier alpha value is -4.13. The largest absolute Gasteiger partial charge is 0.493 e. The van der Waals surface area contributed by atoms with Crippen molar-refractivity contribution in [3.63, 3.8) is 0 Å². The maximum atomic E-state index is 14.8. The van der Waals surface area contributed by atoms with Crippen LogP contribution in [0.15, 0.2) is 30.6 Å². The van der Waals surface area contributed by atoms with Gasteiger partial charge < -0.3 is 14.8 Å². The number of ether oxygens (including phenoxy) is 2. The van der Waals surface area contributed by atoms with Crippen molar-refractivity contribution in [1.29, 1.82) is 5.26 Å². The summed E-state index contributed by atoms with van der Waals surface area (Å²) in [4.78, 5) is 0. The van der Waals surface area contributed by atoms with Gasteiger partial charge in [-0.1, -0.05) is 0 Å². The molecule has 2 aliphatic rings. The number of nitrogens with one attached hydrogen (secondary N) is 1. The van der Waals surface area contributed by atoms with Crippen LogP contribution in [-0.2, 0) is 19.0 Å². The molecule has 9 nitrogen and oxygen atoms in total. The summed E-state index contributed by atoms with van der Waals surface area (Å²) in [5.41, 5.74) is 3.50. The first kappa shape index (κ1) is 20.5. The molecule has 1 N–H and O–H groups in total. The van der Waals surface area contributed by atoms with Gasteiger partial charge in [-0.05, 0) is 38.1 Å². The number of fused-ring (bicyclic) bond motifs is 3. The van der Waals surface area contributed by atoms with Gasteiger partial charge in [0.25, 0.3) is 0 Å². The third kappa shape index (κ3) is 2.93. The van der Waals surface area contributed by atoms with E-state index in [4.69, 9.17) is 9.47 Å². The third-order valence-electron chi connectivity index (χ3n) is 6.59. The summed E-state index contributed by atoms with van der Waals surface area (Å²) in [7, 11) is 1.83. The summed E-state index contributed by atoms with van der Waals surface area (Å²) in [5.74, 6) is 1.58. The minimum absolute atomic E-state index is 0.0757. The molecule has 2 aliphatic heterocycles. The molecule has 0 unspecified atom stereocenters. The van der Waals surface area contributed by atoms with Crippen LogP contribution >= 0.6 is 0 Å². The number of nitrogens with zero attached hydrogens (tertiary/aromatic N) is 6. The molecule has 0 aliphatic carbocycles. The molecular weight excluding hydrogens is 437 g/mol. The van der Waals surface area contributed by atoms with Crippen molar-refractivity contribution in [3.05, 3.63) is 53.2 Å². The van der Waals surface area contributed by atoms with E-state index >= 15 is 0 Å². The SMILES string of the molecule is Cn1nc(C(C)(C)C#N)cc1-c1cc2c(n3cnnc13)NCc1c(F)ccc3c1[C@H](CO3)CO2. The Balaban J connectivity index is 1.50. The summed E-state index contributed by atoms with van der Waals surface area (Å²) in [6, 6.07) is 9.21. The second-order valence-electron chi connectivity index (χ2n) is 9.18. The summed E-state index contributed by atoms with van der Waals surface area (Å²) in [6.07, 6.45) is 1.60. The third-order valence-corrected chi connectivity index (χ3v) is 6.59. The van der Waals surface area contributed by atoms with Gasteiger partial charge >= 0.3 is 0 Å². The van der Waals surface area contributed by atoms with Crippen LogP contribution in [-0.4, -0.2) is 37.6 Å². The Morgan fingerprint density at radius 3 is 2.79 bits per heavy atom. The molecule has 34 heavy (non-hydrogen) atoms. The lowest BCUT2D eigenvalue weighted by Crippen LogP contribution is -2.14. The molecule has 3 aromatic heterocycles. The molecule has 0 fully saturated rings. The van der Waals surface area contributed by atoms with E-state index in [1.165, 1.54) is 6.07 Å². The van der Waals surface area contributed by atoms with Gasteiger partial charge in [0.1, 0.15) is 17.9 Å². The molecule has 0 bridgehead atoms. The molecule has 1 atom stereocenters. The van der Waals surface area contributed by atoms with Gasteiger partial charge in [-0.2, -0.15) is 10.4 Å². The number of hydrogen-bond donors (Lipinski definition) is 1. The predicted octanol–water partition coefficient (Wildman–Crippen LogP) is 3.55. The number of hydrogen-bond acceptors (Lipinski definition) is 7. The second-order valence-corrected chi connectivity index (χ2v) is 9.18. The molecule has 6 rings (SSSR count). The zero-order valence-corrected chi connectivity index (χ0v) is 19.0. The molecule has 0 saturated heterocycles. The number of halogens is 1. The highest BCUT2D eigenvalue weighted by atomic mass is 19.1. The summed E-state index contributed by atoms with van der Waals surface area (Å²) in [5, 5.41) is 25.9. The van der Waals surface area contributed by atoms with E-state index in [-0.39, 0.29) is 18.3 Å². The summed E-state index contributed by atoms with van der Waals surface area (Å²) < 4.78 is 30.4. The zero-order valence-electron chi connectivity index (χ0n) is 19.0. The highest BCUT2D eigenvalue weighted by Gasteiger charge is 2.32. The topological polar surface area (TPSA) is 102 Å². The average Bonchev–Trinajstić information content (AvgIpc) is 3.55. The minimum Gasteiger partial charge on any atom is -0.493 e. The molecule has 0 radical (unpaired) electrons. The average molecular weight is 459 g/mol. The fourth-order valence-corrected chi connectivity index (χ4v) is 4.66. The van der Waals surface area contributed by atoms with E-state index < -0.39 is 5.41 Å². The number of aryl methyl sites for hydroxylation is 1. The van der Waals surface area contributed by atoms with Crippen molar-refractivity contribution in [1.82, 2.24) is 24.4 Å². The molecular formula is C24H22FN7O2. The van der Waals surface area contributed by atoms with Crippen molar-refractivity contribution in [2.24, 2.45) is 7.05 Å². The fourth-order valence-electron chi connectivity index (χ4n) is 4.66. The van der Waals surface area contributed by atoms with Gasteiger partial charge in [0.05, 0.1) is 42.0 Å². The Morgan fingerprint density at radius 2 is 2.00 bits per heavy atom. The Kier molecular flexibility index (Phi) is 4.33. The maximum absolute atomic E-state index is 14.8. The highest BCUT2D eigenvalue weighted by Crippen LogP contribution is 2.42. The van der Waals surface area contributed by atoms with Gasteiger partial charge in [0.15, 0.2) is 17.2 Å². The van der Waals surface area contributed by atoms with Crippen molar-refractivity contribution >= 4 is 11.5 Å². The van der Waals surface area contributed by atoms with Gasteiger partial charge in [-0.15, -0.1) is 10.2 Å². The fraction of sp³-hybridized carbons (Fsp3) is 0.333. The second kappa shape index (κ2) is 7.18. The first-order valence-corrected chi connectivity index (χ1v) is 11.0. The lowest BCUT2D eigenvalue weighted by Gasteiger charge is -2.16. The van der Waals surface area contributed by atoms with Crippen LogP contribution in [0.4, 0.5) is 10.2 Å². The van der Waals surface area contributed by atoms with Gasteiger partial charge in [0, 0.05) is 30.3 Å². The zero-order chi connectivity index (χ0) is 23.6. The van der Waals surface area contributed by atoms with E-state index in [1.54, 1.807) is 21.5 Å². The van der Waals surface area contributed by atoms with E-state index in [1.807, 2.05) is 33.0 Å². The normalized spacial score (nSPS) is 16.9. The van der Waals surface area contributed by atoms with Crippen LogP contribution < -0.4 is 14.8 Å². The lowest BCUT2D eigenvalue weighted by molar-refractivity contribution is 0.249. The van der Waals surface area contributed by atoms with Gasteiger partial charge in [0.2, 0.25) is 0 Å². The molecule has 5 heterocycles. The number of benzene rings is 1. The van der Waals surface area contributed by atoms with Gasteiger partial charge in [-0.25, -0.2) is 4.39 Å². The standard InChI is InChI=1S/C24H22FN7O2/c1-24(2,11-26)20-7-17(31(3)30-20)14-6-19-23(32-12-28-29-22(14)32)27-8-15-16(25)4-5-18-21(15)13(9-33-18)10-34-19/h4-7,12-13,27H,8-10H2,1-3H3/t13-/m1/s1. The molecule has 172 valence electrons. The molecule has 0 amide bonds. The first-order chi connectivity index (χ1) is 16.4. The van der Waals surface area contributed by atoms with Crippen molar-refractivity contribution < 1.29 is 13.9 Å². The van der Waals surface area contributed by atoms with Crippen LogP contribution in [0.25, 0.3) is 16.9 Å². The van der Waals surface area contributed by atoms with E-state index in [2.05, 4.69) is 26.7 Å². The number of anilines is 1. The monoisotopic (exact) mass is 459 g/mol. The smallest absolute Gasteiger partial charge is 0.171 e.